The molecule has 0 saturated heterocycles. The van der Waals surface area contributed by atoms with Gasteiger partial charge in [-0.2, -0.15) is 0 Å². The van der Waals surface area contributed by atoms with Crippen LogP contribution in [0.2, 0.25) is 0 Å². The largest absolute Gasteiger partial charge is 0.462 e. The summed E-state index contributed by atoms with van der Waals surface area (Å²) in [5.74, 6) is -0.952. The number of benzene rings is 1. The Bertz CT molecular complexity index is 306. The lowest BCUT2D eigenvalue weighted by molar-refractivity contribution is -0.150. The normalized spacial score (nSPS) is 12.5. The number of esters is 1. The Morgan fingerprint density at radius 2 is 1.93 bits per heavy atom. The molecule has 1 atom stereocenters. The minimum absolute atomic E-state index is 0.157. The number of carbonyl (C=O) groups excluding carboxylic acids is 1. The second-order valence-electron chi connectivity index (χ2n) is 3.63. The van der Waals surface area contributed by atoms with Gasteiger partial charge in [0.2, 0.25) is 0 Å². The zero-order valence-electron chi connectivity index (χ0n) is 9.01. The highest BCUT2D eigenvalue weighted by Gasteiger charge is 2.21. The summed E-state index contributed by atoms with van der Waals surface area (Å²) in [5, 5.41) is 9.16. The van der Waals surface area contributed by atoms with Crippen LogP contribution >= 0.6 is 0 Å². The summed E-state index contributed by atoms with van der Waals surface area (Å²) in [6, 6.07) is 9.15. The number of carbonyl (C=O) groups is 1. The smallest absolute Gasteiger partial charge is 0.316 e. The second-order valence-corrected chi connectivity index (χ2v) is 3.63. The van der Waals surface area contributed by atoms with E-state index in [4.69, 9.17) is 9.84 Å². The van der Waals surface area contributed by atoms with Crippen molar-refractivity contribution in [3.63, 3.8) is 0 Å². The third-order valence-corrected chi connectivity index (χ3v) is 2.02. The lowest BCUT2D eigenvalue weighted by Crippen LogP contribution is -2.22. The van der Waals surface area contributed by atoms with E-state index in [9.17, 15) is 4.79 Å². The summed E-state index contributed by atoms with van der Waals surface area (Å²) in [5.41, 5.74) is 0.783. The molecular weight excluding hydrogens is 192 g/mol. The Kier molecular flexibility index (Phi) is 4.31. The number of rotatable bonds is 4. The monoisotopic (exact) mass is 208 g/mol. The average molecular weight is 208 g/mol. The third-order valence-electron chi connectivity index (χ3n) is 2.02. The zero-order chi connectivity index (χ0) is 11.3. The minimum Gasteiger partial charge on any atom is -0.462 e. The van der Waals surface area contributed by atoms with E-state index in [2.05, 4.69) is 0 Å². The van der Waals surface area contributed by atoms with E-state index in [0.717, 1.165) is 5.56 Å². The quantitative estimate of drug-likeness (QED) is 0.766. The van der Waals surface area contributed by atoms with E-state index in [-0.39, 0.29) is 18.7 Å². The highest BCUT2D eigenvalue weighted by Crippen LogP contribution is 2.17. The van der Waals surface area contributed by atoms with Crippen molar-refractivity contribution < 1.29 is 14.6 Å². The van der Waals surface area contributed by atoms with Crippen LogP contribution in [0.4, 0.5) is 0 Å². The van der Waals surface area contributed by atoms with Gasteiger partial charge in [0, 0.05) is 0 Å². The van der Waals surface area contributed by atoms with E-state index < -0.39 is 5.92 Å². The van der Waals surface area contributed by atoms with Gasteiger partial charge in [0.05, 0.1) is 12.7 Å². The summed E-state index contributed by atoms with van der Waals surface area (Å²) in [6.45, 7) is 3.35. The molecule has 0 saturated carbocycles. The number of aliphatic hydroxyl groups is 1. The van der Waals surface area contributed by atoms with Crippen molar-refractivity contribution >= 4 is 5.97 Å². The molecule has 1 N–H and O–H groups in total. The van der Waals surface area contributed by atoms with Gasteiger partial charge in [0.1, 0.15) is 5.92 Å². The first-order valence-corrected chi connectivity index (χ1v) is 5.01. The molecule has 3 nitrogen and oxygen atoms in total. The maximum Gasteiger partial charge on any atom is 0.316 e. The van der Waals surface area contributed by atoms with Gasteiger partial charge in [-0.3, -0.25) is 4.79 Å². The average Bonchev–Trinajstić information content (AvgIpc) is 2.19. The summed E-state index contributed by atoms with van der Waals surface area (Å²) in [7, 11) is 0. The molecule has 82 valence electrons. The van der Waals surface area contributed by atoms with Gasteiger partial charge in [-0.1, -0.05) is 30.3 Å². The van der Waals surface area contributed by atoms with Gasteiger partial charge >= 0.3 is 5.97 Å². The van der Waals surface area contributed by atoms with Crippen molar-refractivity contribution in [1.82, 2.24) is 0 Å². The maximum absolute atomic E-state index is 11.6. The summed E-state index contributed by atoms with van der Waals surface area (Å²) >= 11 is 0. The number of ether oxygens (including phenoxy) is 1. The van der Waals surface area contributed by atoms with E-state index >= 15 is 0 Å². The van der Waals surface area contributed by atoms with Crippen LogP contribution in [-0.4, -0.2) is 23.8 Å². The van der Waals surface area contributed by atoms with Gasteiger partial charge < -0.3 is 9.84 Å². The van der Waals surface area contributed by atoms with E-state index in [1.165, 1.54) is 0 Å². The molecule has 0 bridgehead atoms. The van der Waals surface area contributed by atoms with Crippen LogP contribution in [0.5, 0.6) is 0 Å². The Labute approximate surface area is 89.7 Å². The lowest BCUT2D eigenvalue weighted by atomic mass is 10.0. The van der Waals surface area contributed by atoms with Crippen LogP contribution in [0.15, 0.2) is 30.3 Å². The summed E-state index contributed by atoms with van der Waals surface area (Å²) in [6.07, 6.45) is -0.157. The maximum atomic E-state index is 11.6. The fraction of sp³-hybridized carbons (Fsp3) is 0.417. The van der Waals surface area contributed by atoms with Crippen LogP contribution in [-0.2, 0) is 9.53 Å². The Hall–Kier alpha value is -1.35. The van der Waals surface area contributed by atoms with E-state index in [1.807, 2.05) is 30.3 Å². The number of hydrogen-bond acceptors (Lipinski definition) is 3. The van der Waals surface area contributed by atoms with Crippen molar-refractivity contribution in [1.29, 1.82) is 0 Å². The van der Waals surface area contributed by atoms with Crippen LogP contribution < -0.4 is 0 Å². The highest BCUT2D eigenvalue weighted by molar-refractivity contribution is 5.78. The van der Waals surface area contributed by atoms with E-state index in [0.29, 0.717) is 0 Å². The molecule has 0 aliphatic rings. The molecule has 1 aromatic rings. The molecular formula is C12H16O3. The van der Waals surface area contributed by atoms with Gasteiger partial charge in [-0.05, 0) is 19.4 Å². The summed E-state index contributed by atoms with van der Waals surface area (Å²) < 4.78 is 5.06. The van der Waals surface area contributed by atoms with Crippen molar-refractivity contribution in [3.05, 3.63) is 35.9 Å². The molecule has 0 aromatic heterocycles. The van der Waals surface area contributed by atoms with Crippen molar-refractivity contribution in [2.45, 2.75) is 25.9 Å². The lowest BCUT2D eigenvalue weighted by Gasteiger charge is -2.15. The first-order chi connectivity index (χ1) is 7.15. The number of aliphatic hydroxyl groups excluding tert-OH is 1. The molecule has 3 heteroatoms. The fourth-order valence-electron chi connectivity index (χ4n) is 1.32. The second kappa shape index (κ2) is 5.51. The first kappa shape index (κ1) is 11.7. The van der Waals surface area contributed by atoms with Gasteiger partial charge in [0.25, 0.3) is 0 Å². The van der Waals surface area contributed by atoms with Gasteiger partial charge in [0.15, 0.2) is 0 Å². The van der Waals surface area contributed by atoms with Crippen molar-refractivity contribution in [2.24, 2.45) is 0 Å². The SMILES string of the molecule is CC(C)OC(=O)C(CO)c1ccccc1. The van der Waals surface area contributed by atoms with Gasteiger partial charge in [-0.15, -0.1) is 0 Å². The topological polar surface area (TPSA) is 46.5 Å². The zero-order valence-corrected chi connectivity index (χ0v) is 9.01. The van der Waals surface area contributed by atoms with Crippen molar-refractivity contribution in [3.8, 4) is 0 Å². The molecule has 0 aliphatic heterocycles. The highest BCUT2D eigenvalue weighted by atomic mass is 16.5. The summed E-state index contributed by atoms with van der Waals surface area (Å²) in [4.78, 5) is 11.6. The molecule has 15 heavy (non-hydrogen) atoms. The van der Waals surface area contributed by atoms with Crippen LogP contribution in [0, 0.1) is 0 Å². The van der Waals surface area contributed by atoms with Crippen LogP contribution in [0.1, 0.15) is 25.3 Å². The molecule has 0 aliphatic carbocycles. The minimum atomic E-state index is -0.575. The van der Waals surface area contributed by atoms with Crippen LogP contribution in [0.3, 0.4) is 0 Å². The molecule has 0 amide bonds. The number of hydrogen-bond donors (Lipinski definition) is 1. The fourth-order valence-corrected chi connectivity index (χ4v) is 1.32. The Morgan fingerprint density at radius 1 is 1.33 bits per heavy atom. The predicted molar refractivity (Wildman–Crippen MR) is 57.5 cm³/mol. The molecule has 1 unspecified atom stereocenters. The molecule has 1 rings (SSSR count). The Balaban J connectivity index is 2.76. The molecule has 0 fully saturated rings. The first-order valence-electron chi connectivity index (χ1n) is 5.01. The molecule has 0 heterocycles. The molecule has 0 spiro atoms. The Morgan fingerprint density at radius 3 is 2.40 bits per heavy atom. The van der Waals surface area contributed by atoms with E-state index in [1.54, 1.807) is 13.8 Å². The molecule has 0 radical (unpaired) electrons. The molecule has 1 aromatic carbocycles. The van der Waals surface area contributed by atoms with Crippen LogP contribution in [0.25, 0.3) is 0 Å². The standard InChI is InChI=1S/C12H16O3/c1-9(2)15-12(14)11(8-13)10-6-4-3-5-7-10/h3-7,9,11,13H,8H2,1-2H3. The third kappa shape index (κ3) is 3.36. The van der Waals surface area contributed by atoms with Gasteiger partial charge in [-0.25, -0.2) is 0 Å². The predicted octanol–water partition coefficient (Wildman–Crippen LogP) is 1.71. The van der Waals surface area contributed by atoms with Crippen molar-refractivity contribution in [2.75, 3.05) is 6.61 Å².